The molecule has 0 spiro atoms. The van der Waals surface area contributed by atoms with Gasteiger partial charge in [-0.2, -0.15) is 9.35 Å². The second-order valence-electron chi connectivity index (χ2n) is 14.4. The van der Waals surface area contributed by atoms with Crippen LogP contribution < -0.4 is 60.2 Å². The third-order valence-electron chi connectivity index (χ3n) is 10.9. The quantitative estimate of drug-likeness (QED) is 0.154. The highest BCUT2D eigenvalue weighted by Crippen LogP contribution is 2.44. The predicted molar refractivity (Wildman–Crippen MR) is 192 cm³/mol. The number of ether oxygens (including phenoxy) is 1. The minimum atomic E-state index is -2.93. The number of aryl methyl sites for hydroxylation is 1. The van der Waals surface area contributed by atoms with Crippen molar-refractivity contribution in [2.45, 2.75) is 56.5 Å². The summed E-state index contributed by atoms with van der Waals surface area (Å²) in [5.74, 6) is 3.83. The summed E-state index contributed by atoms with van der Waals surface area (Å²) in [7, 11) is 1.39. The summed E-state index contributed by atoms with van der Waals surface area (Å²) in [5.41, 5.74) is 11.0. The lowest BCUT2D eigenvalue weighted by Crippen LogP contribution is -2.44. The standard InChI is InChI=1S/C17H21F2N5O3.C17H21F2N5O2/c1-27-14-12(22-7-9(6-20)17(18,19)8-22)5-4-11-13(14)23(10-2-3-10)16(26)24(21)15(11)25;1-9-13(22-7-10(6-20)17(18,19)8-22)5-4-12-14(9)23(11-2-3-11)16(26)24(21)15(12)25/h4-5,9-10H,2-3,6-8,20-21H2,1H3;4-5,10-11H,2-3,6-8,20-21H2,1H3. The number of methoxy groups -OCH3 is 1. The molecule has 0 bridgehead atoms. The molecule has 2 saturated heterocycles. The fourth-order valence-corrected chi connectivity index (χ4v) is 7.69. The molecule has 4 aliphatic rings. The van der Waals surface area contributed by atoms with Gasteiger partial charge in [-0.3, -0.25) is 18.7 Å². The number of aromatic nitrogens is 4. The molecule has 8 N–H and O–H groups in total. The van der Waals surface area contributed by atoms with E-state index in [2.05, 4.69) is 0 Å². The zero-order chi connectivity index (χ0) is 38.3. The first-order valence-electron chi connectivity index (χ1n) is 17.4. The summed E-state index contributed by atoms with van der Waals surface area (Å²) >= 11 is 0. The lowest BCUT2D eigenvalue weighted by Gasteiger charge is -2.23. The number of halogens is 4. The number of anilines is 2. The molecular formula is C34H42F4N10O5. The molecule has 286 valence electrons. The van der Waals surface area contributed by atoms with Gasteiger partial charge < -0.3 is 37.7 Å². The molecule has 2 unspecified atom stereocenters. The fourth-order valence-electron chi connectivity index (χ4n) is 7.69. The predicted octanol–water partition coefficient (Wildman–Crippen LogP) is 0.801. The third kappa shape index (κ3) is 5.89. The van der Waals surface area contributed by atoms with Gasteiger partial charge in [-0.25, -0.2) is 27.2 Å². The molecule has 2 aliphatic heterocycles. The van der Waals surface area contributed by atoms with E-state index in [-0.39, 0.29) is 49.4 Å². The van der Waals surface area contributed by atoms with Gasteiger partial charge in [-0.15, -0.1) is 0 Å². The van der Waals surface area contributed by atoms with Gasteiger partial charge in [-0.1, -0.05) is 0 Å². The van der Waals surface area contributed by atoms with Crippen LogP contribution in [0, 0.1) is 18.8 Å². The van der Waals surface area contributed by atoms with Gasteiger partial charge in [0.15, 0.2) is 5.75 Å². The number of hydrogen-bond acceptors (Lipinski definition) is 11. The van der Waals surface area contributed by atoms with Crippen LogP contribution in [0.25, 0.3) is 21.8 Å². The van der Waals surface area contributed by atoms with Crippen molar-refractivity contribution >= 4 is 33.2 Å². The molecule has 2 saturated carbocycles. The Bertz CT molecular complexity index is 2370. The van der Waals surface area contributed by atoms with E-state index in [0.29, 0.717) is 42.7 Å². The molecule has 2 atom stereocenters. The Hall–Kier alpha value is -5.04. The summed E-state index contributed by atoms with van der Waals surface area (Å²) < 4.78 is 66.4. The van der Waals surface area contributed by atoms with Crippen molar-refractivity contribution < 1.29 is 22.3 Å². The maximum atomic E-state index is 14.2. The summed E-state index contributed by atoms with van der Waals surface area (Å²) in [6, 6.07) is 6.18. The van der Waals surface area contributed by atoms with Gasteiger partial charge >= 0.3 is 11.4 Å². The molecular weight excluding hydrogens is 704 g/mol. The van der Waals surface area contributed by atoms with Crippen molar-refractivity contribution in [2.75, 3.05) is 67.9 Å². The topological polar surface area (TPSA) is 208 Å². The lowest BCUT2D eigenvalue weighted by atomic mass is 10.1. The van der Waals surface area contributed by atoms with Crippen LogP contribution >= 0.6 is 0 Å². The van der Waals surface area contributed by atoms with E-state index in [1.54, 1.807) is 30.0 Å². The number of nitrogens with two attached hydrogens (primary N) is 4. The third-order valence-corrected chi connectivity index (χ3v) is 10.9. The molecule has 4 aromatic rings. The van der Waals surface area contributed by atoms with E-state index >= 15 is 0 Å². The molecule has 0 radical (unpaired) electrons. The van der Waals surface area contributed by atoms with E-state index < -0.39 is 59.3 Å². The normalized spacial score (nSPS) is 22.0. The zero-order valence-corrected chi connectivity index (χ0v) is 29.2. The maximum absolute atomic E-state index is 14.2. The number of hydrogen-bond donors (Lipinski definition) is 4. The highest BCUT2D eigenvalue weighted by Gasteiger charge is 2.49. The first-order chi connectivity index (χ1) is 25.1. The lowest BCUT2D eigenvalue weighted by molar-refractivity contribution is -0.0176. The molecule has 19 heteroatoms. The SMILES string of the molecule is COc1c(N2CC(CN)C(F)(F)C2)ccc2c(=O)n(N)c(=O)n(C3CC3)c12.Cc1c(N2CC(CN)C(F)(F)C2)ccc2c(=O)n(N)c(=O)n(C3CC3)c12. The molecule has 8 rings (SSSR count). The Labute approximate surface area is 298 Å². The van der Waals surface area contributed by atoms with Crippen LogP contribution in [0.1, 0.15) is 43.3 Å². The zero-order valence-electron chi connectivity index (χ0n) is 29.2. The Morgan fingerprint density at radius 3 is 1.53 bits per heavy atom. The smallest absolute Gasteiger partial charge is 0.350 e. The van der Waals surface area contributed by atoms with Crippen molar-refractivity contribution in [3.8, 4) is 5.75 Å². The van der Waals surface area contributed by atoms with Crippen molar-refractivity contribution in [3.05, 3.63) is 71.5 Å². The van der Waals surface area contributed by atoms with Crippen LogP contribution in [-0.2, 0) is 0 Å². The number of benzene rings is 2. The van der Waals surface area contributed by atoms with Crippen LogP contribution in [0.3, 0.4) is 0 Å². The maximum Gasteiger partial charge on any atom is 0.350 e. The average molecular weight is 747 g/mol. The minimum Gasteiger partial charge on any atom is -0.492 e. The summed E-state index contributed by atoms with van der Waals surface area (Å²) in [5, 5.41) is 0.535. The second-order valence-corrected chi connectivity index (χ2v) is 14.4. The Morgan fingerprint density at radius 1 is 0.698 bits per heavy atom. The first-order valence-corrected chi connectivity index (χ1v) is 17.4. The van der Waals surface area contributed by atoms with Crippen molar-refractivity contribution in [1.82, 2.24) is 18.5 Å². The van der Waals surface area contributed by atoms with Crippen molar-refractivity contribution in [1.29, 1.82) is 0 Å². The van der Waals surface area contributed by atoms with Gasteiger partial charge in [0.25, 0.3) is 23.0 Å². The molecule has 2 aromatic heterocycles. The first kappa shape index (κ1) is 36.3. The van der Waals surface area contributed by atoms with E-state index in [1.165, 1.54) is 27.2 Å². The molecule has 0 amide bonds. The van der Waals surface area contributed by atoms with Gasteiger partial charge in [0.2, 0.25) is 0 Å². The van der Waals surface area contributed by atoms with Gasteiger partial charge in [-0.05, 0) is 62.4 Å². The highest BCUT2D eigenvalue weighted by atomic mass is 19.3. The van der Waals surface area contributed by atoms with Gasteiger partial charge in [0, 0.05) is 44.0 Å². The van der Waals surface area contributed by atoms with E-state index in [4.69, 9.17) is 27.9 Å². The molecule has 4 fully saturated rings. The van der Waals surface area contributed by atoms with E-state index in [0.717, 1.165) is 25.7 Å². The number of rotatable bonds is 7. The van der Waals surface area contributed by atoms with Crippen LogP contribution in [0.15, 0.2) is 43.4 Å². The van der Waals surface area contributed by atoms with Crippen LogP contribution in [-0.4, -0.2) is 76.7 Å². The fraction of sp³-hybridized carbons (Fsp3) is 0.529. The summed E-state index contributed by atoms with van der Waals surface area (Å²) in [6.07, 6.45) is 3.21. The number of nitrogen functional groups attached to an aromatic ring is 2. The monoisotopic (exact) mass is 746 g/mol. The Balaban J connectivity index is 0.000000164. The average Bonchev–Trinajstić information content (AvgIpc) is 4.06. The van der Waals surface area contributed by atoms with Crippen molar-refractivity contribution in [3.63, 3.8) is 0 Å². The molecule has 53 heavy (non-hydrogen) atoms. The Kier molecular flexibility index (Phi) is 8.79. The van der Waals surface area contributed by atoms with Gasteiger partial charge in [0.1, 0.15) is 5.52 Å². The Morgan fingerprint density at radius 2 is 1.11 bits per heavy atom. The van der Waals surface area contributed by atoms with Crippen LogP contribution in [0.4, 0.5) is 28.9 Å². The highest BCUT2D eigenvalue weighted by molar-refractivity contribution is 5.91. The van der Waals surface area contributed by atoms with Gasteiger partial charge in [0.05, 0.1) is 54.0 Å². The second kappa shape index (κ2) is 12.8. The number of nitrogens with zero attached hydrogens (tertiary/aromatic N) is 6. The largest absolute Gasteiger partial charge is 0.492 e. The number of fused-ring (bicyclic) bond motifs is 2. The molecule has 4 heterocycles. The molecule has 2 aromatic carbocycles. The van der Waals surface area contributed by atoms with Crippen LogP contribution in [0.5, 0.6) is 5.75 Å². The summed E-state index contributed by atoms with van der Waals surface area (Å²) in [4.78, 5) is 53.1. The minimum absolute atomic E-state index is 0.00819. The van der Waals surface area contributed by atoms with Crippen molar-refractivity contribution in [2.24, 2.45) is 23.3 Å². The molecule has 2 aliphatic carbocycles. The molecule has 15 nitrogen and oxygen atoms in total. The van der Waals surface area contributed by atoms with E-state index in [1.807, 2.05) is 0 Å². The number of alkyl halides is 4. The van der Waals surface area contributed by atoms with Crippen LogP contribution in [0.2, 0.25) is 0 Å². The summed E-state index contributed by atoms with van der Waals surface area (Å²) in [6.45, 7) is 0.792. The van der Waals surface area contributed by atoms with E-state index in [9.17, 15) is 36.7 Å².